The van der Waals surface area contributed by atoms with Crippen LogP contribution in [0.25, 0.3) is 0 Å². The standard InChI is InChI=1S/C9H10N2O/c12-9-10-5-7-3-1-2-4-8(7)6-11-9/h1-4H,5-6H2,(H2,10,11,12). The number of hydrogen-bond acceptors (Lipinski definition) is 1. The molecule has 1 aliphatic rings. The number of amides is 2. The van der Waals surface area contributed by atoms with Crippen LogP contribution in [0, 0.1) is 0 Å². The molecule has 0 aromatic heterocycles. The number of fused-ring (bicyclic) bond motifs is 1. The molecule has 1 heterocycles. The number of carbonyl (C=O) groups is 1. The lowest BCUT2D eigenvalue weighted by atomic mass is 10.1. The van der Waals surface area contributed by atoms with Crippen LogP contribution in [0.15, 0.2) is 24.3 Å². The van der Waals surface area contributed by atoms with Crippen LogP contribution in [-0.2, 0) is 13.1 Å². The zero-order valence-electron chi connectivity index (χ0n) is 6.63. The number of benzene rings is 1. The number of carbonyl (C=O) groups excluding carboxylic acids is 1. The van der Waals surface area contributed by atoms with Gasteiger partial charge in [0.25, 0.3) is 0 Å². The van der Waals surface area contributed by atoms with E-state index < -0.39 is 0 Å². The summed E-state index contributed by atoms with van der Waals surface area (Å²) < 4.78 is 0. The molecule has 2 rings (SSSR count). The summed E-state index contributed by atoms with van der Waals surface area (Å²) in [4.78, 5) is 10.9. The molecule has 1 aromatic rings. The smallest absolute Gasteiger partial charge is 0.315 e. The number of urea groups is 1. The highest BCUT2D eigenvalue weighted by atomic mass is 16.2. The Morgan fingerprint density at radius 2 is 1.50 bits per heavy atom. The van der Waals surface area contributed by atoms with Crippen LogP contribution in [0.3, 0.4) is 0 Å². The van der Waals surface area contributed by atoms with Gasteiger partial charge in [0, 0.05) is 13.1 Å². The number of nitrogens with one attached hydrogen (secondary N) is 2. The van der Waals surface area contributed by atoms with E-state index in [2.05, 4.69) is 10.6 Å². The molecular weight excluding hydrogens is 152 g/mol. The first kappa shape index (κ1) is 7.16. The van der Waals surface area contributed by atoms with E-state index >= 15 is 0 Å². The highest BCUT2D eigenvalue weighted by Gasteiger charge is 2.09. The largest absolute Gasteiger partial charge is 0.334 e. The number of rotatable bonds is 0. The molecule has 0 aliphatic carbocycles. The van der Waals surface area contributed by atoms with Crippen molar-refractivity contribution in [1.82, 2.24) is 10.6 Å². The van der Waals surface area contributed by atoms with Gasteiger partial charge in [0.2, 0.25) is 0 Å². The Morgan fingerprint density at radius 3 is 2.00 bits per heavy atom. The van der Waals surface area contributed by atoms with Gasteiger partial charge in [-0.15, -0.1) is 0 Å². The SMILES string of the molecule is O=C1NCc2ccccc2CN1. The molecule has 3 heteroatoms. The monoisotopic (exact) mass is 162 g/mol. The van der Waals surface area contributed by atoms with Gasteiger partial charge in [-0.05, 0) is 11.1 Å². The topological polar surface area (TPSA) is 41.1 Å². The molecule has 0 bridgehead atoms. The fourth-order valence-corrected chi connectivity index (χ4v) is 1.32. The molecule has 2 amide bonds. The molecule has 0 atom stereocenters. The first-order chi connectivity index (χ1) is 5.86. The molecule has 1 aromatic carbocycles. The minimum absolute atomic E-state index is 0.0915. The van der Waals surface area contributed by atoms with E-state index in [0.717, 1.165) is 0 Å². The van der Waals surface area contributed by atoms with Gasteiger partial charge >= 0.3 is 6.03 Å². The van der Waals surface area contributed by atoms with Gasteiger partial charge in [0.1, 0.15) is 0 Å². The van der Waals surface area contributed by atoms with E-state index in [0.29, 0.717) is 13.1 Å². The summed E-state index contributed by atoms with van der Waals surface area (Å²) in [5.41, 5.74) is 2.38. The van der Waals surface area contributed by atoms with E-state index in [9.17, 15) is 4.79 Å². The summed E-state index contributed by atoms with van der Waals surface area (Å²) in [5.74, 6) is 0. The Labute approximate surface area is 70.8 Å². The van der Waals surface area contributed by atoms with Crippen molar-refractivity contribution in [2.24, 2.45) is 0 Å². The summed E-state index contributed by atoms with van der Waals surface area (Å²) in [6.45, 7) is 1.25. The summed E-state index contributed by atoms with van der Waals surface area (Å²) in [7, 11) is 0. The Morgan fingerprint density at radius 1 is 1.00 bits per heavy atom. The first-order valence-electron chi connectivity index (χ1n) is 3.95. The van der Waals surface area contributed by atoms with Crippen LogP contribution >= 0.6 is 0 Å². The molecule has 0 radical (unpaired) electrons. The summed E-state index contributed by atoms with van der Waals surface area (Å²) in [6, 6.07) is 7.93. The van der Waals surface area contributed by atoms with Gasteiger partial charge in [-0.3, -0.25) is 0 Å². The van der Waals surface area contributed by atoms with Crippen molar-refractivity contribution in [3.05, 3.63) is 35.4 Å². The predicted molar refractivity (Wildman–Crippen MR) is 45.5 cm³/mol. The normalized spacial score (nSPS) is 15.5. The third-order valence-electron chi connectivity index (χ3n) is 2.00. The van der Waals surface area contributed by atoms with Crippen molar-refractivity contribution < 1.29 is 4.79 Å². The van der Waals surface area contributed by atoms with Gasteiger partial charge in [-0.2, -0.15) is 0 Å². The van der Waals surface area contributed by atoms with Crippen LogP contribution in [0.5, 0.6) is 0 Å². The molecule has 0 saturated carbocycles. The fraction of sp³-hybridized carbons (Fsp3) is 0.222. The molecular formula is C9H10N2O. The second-order valence-corrected chi connectivity index (χ2v) is 2.80. The predicted octanol–water partition coefficient (Wildman–Crippen LogP) is 0.999. The molecule has 62 valence electrons. The molecule has 12 heavy (non-hydrogen) atoms. The van der Waals surface area contributed by atoms with Crippen molar-refractivity contribution in [3.8, 4) is 0 Å². The van der Waals surface area contributed by atoms with Gasteiger partial charge in [-0.1, -0.05) is 24.3 Å². The third-order valence-corrected chi connectivity index (χ3v) is 2.00. The lowest BCUT2D eigenvalue weighted by Gasteiger charge is -2.01. The maximum atomic E-state index is 10.9. The van der Waals surface area contributed by atoms with E-state index in [4.69, 9.17) is 0 Å². The third kappa shape index (κ3) is 1.25. The summed E-state index contributed by atoms with van der Waals surface area (Å²) >= 11 is 0. The summed E-state index contributed by atoms with van der Waals surface area (Å²) in [5, 5.41) is 5.50. The average Bonchev–Trinajstić information content (AvgIpc) is 2.29. The highest BCUT2D eigenvalue weighted by molar-refractivity contribution is 5.74. The lowest BCUT2D eigenvalue weighted by molar-refractivity contribution is 0.241. The van der Waals surface area contributed by atoms with Gasteiger partial charge in [-0.25, -0.2) is 4.79 Å². The highest BCUT2D eigenvalue weighted by Crippen LogP contribution is 2.09. The quantitative estimate of drug-likeness (QED) is 0.587. The van der Waals surface area contributed by atoms with Crippen molar-refractivity contribution >= 4 is 6.03 Å². The van der Waals surface area contributed by atoms with Gasteiger partial charge in [0.05, 0.1) is 0 Å². The molecule has 1 aliphatic heterocycles. The molecule has 0 fully saturated rings. The summed E-state index contributed by atoms with van der Waals surface area (Å²) in [6.07, 6.45) is 0. The zero-order valence-corrected chi connectivity index (χ0v) is 6.63. The Balaban J connectivity index is 2.32. The van der Waals surface area contributed by atoms with Crippen molar-refractivity contribution in [2.75, 3.05) is 0 Å². The van der Waals surface area contributed by atoms with Crippen LogP contribution in [-0.4, -0.2) is 6.03 Å². The molecule has 2 N–H and O–H groups in total. The van der Waals surface area contributed by atoms with Gasteiger partial charge < -0.3 is 10.6 Å². The molecule has 0 unspecified atom stereocenters. The van der Waals surface area contributed by atoms with Crippen LogP contribution in [0.2, 0.25) is 0 Å². The molecule has 3 nitrogen and oxygen atoms in total. The van der Waals surface area contributed by atoms with Crippen molar-refractivity contribution in [2.45, 2.75) is 13.1 Å². The van der Waals surface area contributed by atoms with Crippen LogP contribution < -0.4 is 10.6 Å². The minimum atomic E-state index is -0.0915. The molecule has 0 spiro atoms. The van der Waals surface area contributed by atoms with Crippen LogP contribution in [0.1, 0.15) is 11.1 Å². The fourth-order valence-electron chi connectivity index (χ4n) is 1.32. The maximum absolute atomic E-state index is 10.9. The van der Waals surface area contributed by atoms with E-state index in [1.165, 1.54) is 11.1 Å². The van der Waals surface area contributed by atoms with E-state index in [1.54, 1.807) is 0 Å². The minimum Gasteiger partial charge on any atom is -0.334 e. The Bertz CT molecular complexity index is 280. The van der Waals surface area contributed by atoms with Crippen molar-refractivity contribution in [3.63, 3.8) is 0 Å². The Kier molecular flexibility index (Phi) is 1.70. The lowest BCUT2D eigenvalue weighted by Crippen LogP contribution is -2.31. The van der Waals surface area contributed by atoms with Crippen molar-refractivity contribution in [1.29, 1.82) is 0 Å². The maximum Gasteiger partial charge on any atom is 0.315 e. The van der Waals surface area contributed by atoms with Crippen LogP contribution in [0.4, 0.5) is 4.79 Å². The second-order valence-electron chi connectivity index (χ2n) is 2.80. The second kappa shape index (κ2) is 2.85. The zero-order chi connectivity index (χ0) is 8.39. The average molecular weight is 162 g/mol. The van der Waals surface area contributed by atoms with E-state index in [-0.39, 0.29) is 6.03 Å². The molecule has 0 saturated heterocycles. The number of hydrogen-bond donors (Lipinski definition) is 2. The van der Waals surface area contributed by atoms with Gasteiger partial charge in [0.15, 0.2) is 0 Å². The Hall–Kier alpha value is -1.51. The van der Waals surface area contributed by atoms with E-state index in [1.807, 2.05) is 24.3 Å². The first-order valence-corrected chi connectivity index (χ1v) is 3.95.